The predicted molar refractivity (Wildman–Crippen MR) is 84.1 cm³/mol. The zero-order chi connectivity index (χ0) is 16.1. The first-order valence-corrected chi connectivity index (χ1v) is 7.00. The molecule has 0 aliphatic heterocycles. The fourth-order valence-corrected chi connectivity index (χ4v) is 2.08. The topological polar surface area (TPSA) is 59.5 Å². The second kappa shape index (κ2) is 6.85. The molecule has 0 saturated carbocycles. The van der Waals surface area contributed by atoms with Gasteiger partial charge in [-0.3, -0.25) is 4.79 Å². The van der Waals surface area contributed by atoms with E-state index in [1.54, 1.807) is 17.0 Å². The number of ether oxygens (including phenoxy) is 1. The molecule has 1 aromatic carbocycles. The van der Waals surface area contributed by atoms with Crippen LogP contribution in [0.2, 0.25) is 0 Å². The van der Waals surface area contributed by atoms with Crippen molar-refractivity contribution < 1.29 is 14.3 Å². The highest BCUT2D eigenvalue weighted by Crippen LogP contribution is 2.17. The number of methoxy groups -OCH3 is 1. The van der Waals surface area contributed by atoms with Gasteiger partial charge in [0.25, 0.3) is 5.91 Å². The van der Waals surface area contributed by atoms with E-state index < -0.39 is 5.97 Å². The van der Waals surface area contributed by atoms with Crippen molar-refractivity contribution in [1.29, 1.82) is 0 Å². The van der Waals surface area contributed by atoms with Gasteiger partial charge >= 0.3 is 5.97 Å². The van der Waals surface area contributed by atoms with E-state index in [4.69, 9.17) is 0 Å². The summed E-state index contributed by atoms with van der Waals surface area (Å²) < 4.78 is 4.63. The lowest BCUT2D eigenvalue weighted by molar-refractivity contribution is 0.0594. The van der Waals surface area contributed by atoms with Gasteiger partial charge < -0.3 is 9.64 Å². The fraction of sp³-hybridized carbons (Fsp3) is 0.235. The Balaban J connectivity index is 2.32. The minimum absolute atomic E-state index is 0.119. The van der Waals surface area contributed by atoms with E-state index in [9.17, 15) is 9.59 Å². The monoisotopic (exact) mass is 298 g/mol. The largest absolute Gasteiger partial charge is 0.464 e. The van der Waals surface area contributed by atoms with Crippen molar-refractivity contribution in [2.75, 3.05) is 18.6 Å². The van der Waals surface area contributed by atoms with E-state index in [0.717, 1.165) is 11.3 Å². The van der Waals surface area contributed by atoms with Crippen molar-refractivity contribution in [2.24, 2.45) is 0 Å². The highest BCUT2D eigenvalue weighted by molar-refractivity contribution is 6.05. The van der Waals surface area contributed by atoms with Gasteiger partial charge in [0.1, 0.15) is 11.4 Å². The molecule has 1 amide bonds. The summed E-state index contributed by atoms with van der Waals surface area (Å²) in [6.07, 6.45) is 0. The van der Waals surface area contributed by atoms with Crippen LogP contribution < -0.4 is 4.90 Å². The lowest BCUT2D eigenvalue weighted by atomic mass is 10.2. The predicted octanol–water partition coefficient (Wildman–Crippen LogP) is 2.84. The summed E-state index contributed by atoms with van der Waals surface area (Å²) in [6, 6.07) is 12.4. The summed E-state index contributed by atoms with van der Waals surface area (Å²) in [4.78, 5) is 29.9. The summed E-state index contributed by atoms with van der Waals surface area (Å²) in [5.74, 6) is -0.815. The molecule has 0 atom stereocenters. The van der Waals surface area contributed by atoms with Crippen LogP contribution in [0.3, 0.4) is 0 Å². The molecule has 0 radical (unpaired) electrons. The molecule has 1 heterocycles. The normalized spacial score (nSPS) is 10.1. The third kappa shape index (κ3) is 3.31. The van der Waals surface area contributed by atoms with Crippen LogP contribution in [0.25, 0.3) is 0 Å². The molecule has 0 fully saturated rings. The van der Waals surface area contributed by atoms with Crippen molar-refractivity contribution >= 4 is 17.6 Å². The number of hydrogen-bond acceptors (Lipinski definition) is 4. The van der Waals surface area contributed by atoms with Crippen molar-refractivity contribution in [2.45, 2.75) is 13.8 Å². The minimum Gasteiger partial charge on any atom is -0.464 e. The van der Waals surface area contributed by atoms with Gasteiger partial charge in [-0.2, -0.15) is 0 Å². The smallest absolute Gasteiger partial charge is 0.356 e. The number of nitrogens with zero attached hydrogens (tertiary/aromatic N) is 2. The summed E-state index contributed by atoms with van der Waals surface area (Å²) in [7, 11) is 1.28. The van der Waals surface area contributed by atoms with E-state index in [1.807, 2.05) is 38.1 Å². The molecule has 5 heteroatoms. The molecular weight excluding hydrogens is 280 g/mol. The first-order chi connectivity index (χ1) is 10.6. The van der Waals surface area contributed by atoms with E-state index in [2.05, 4.69) is 9.72 Å². The highest BCUT2D eigenvalue weighted by Gasteiger charge is 2.19. The number of amides is 1. The number of benzene rings is 1. The van der Waals surface area contributed by atoms with Crippen molar-refractivity contribution in [1.82, 2.24) is 4.98 Å². The first-order valence-electron chi connectivity index (χ1n) is 7.00. The molecule has 114 valence electrons. The SMILES string of the molecule is CCN(C(=O)c1cccc(C(=O)OC)n1)c1ccc(C)cc1. The van der Waals surface area contributed by atoms with Crippen molar-refractivity contribution in [3.63, 3.8) is 0 Å². The summed E-state index contributed by atoms with van der Waals surface area (Å²) in [5.41, 5.74) is 2.25. The van der Waals surface area contributed by atoms with Crippen LogP contribution in [0, 0.1) is 6.92 Å². The number of aryl methyl sites for hydroxylation is 1. The average molecular weight is 298 g/mol. The lowest BCUT2D eigenvalue weighted by Crippen LogP contribution is -2.31. The molecule has 0 bridgehead atoms. The second-order valence-corrected chi connectivity index (χ2v) is 4.78. The van der Waals surface area contributed by atoms with Crippen LogP contribution in [0.1, 0.15) is 33.5 Å². The lowest BCUT2D eigenvalue weighted by Gasteiger charge is -2.21. The number of carbonyl (C=O) groups excluding carboxylic acids is 2. The minimum atomic E-state index is -0.562. The van der Waals surface area contributed by atoms with Crippen LogP contribution in [-0.4, -0.2) is 30.5 Å². The third-order valence-corrected chi connectivity index (χ3v) is 3.27. The first kappa shape index (κ1) is 15.7. The molecule has 5 nitrogen and oxygen atoms in total. The van der Waals surface area contributed by atoms with Crippen LogP contribution >= 0.6 is 0 Å². The Kier molecular flexibility index (Phi) is 4.88. The fourth-order valence-electron chi connectivity index (χ4n) is 2.08. The maximum atomic E-state index is 12.6. The van der Waals surface area contributed by atoms with Crippen molar-refractivity contribution in [3.8, 4) is 0 Å². The number of esters is 1. The Morgan fingerprint density at radius 2 is 1.73 bits per heavy atom. The van der Waals surface area contributed by atoms with Crippen molar-refractivity contribution in [3.05, 3.63) is 59.4 Å². The summed E-state index contributed by atoms with van der Waals surface area (Å²) in [5, 5.41) is 0. The summed E-state index contributed by atoms with van der Waals surface area (Å²) >= 11 is 0. The average Bonchev–Trinajstić information content (AvgIpc) is 2.56. The molecule has 2 aromatic rings. The number of pyridine rings is 1. The highest BCUT2D eigenvalue weighted by atomic mass is 16.5. The van der Waals surface area contributed by atoms with Gasteiger partial charge in [-0.05, 0) is 38.1 Å². The molecule has 0 unspecified atom stereocenters. The van der Waals surface area contributed by atoms with E-state index in [0.29, 0.717) is 6.54 Å². The zero-order valence-electron chi connectivity index (χ0n) is 12.9. The van der Waals surface area contributed by atoms with Crippen LogP contribution in [0.5, 0.6) is 0 Å². The Labute approximate surface area is 129 Å². The maximum absolute atomic E-state index is 12.6. The molecule has 0 saturated heterocycles. The van der Waals surface area contributed by atoms with Crippen LogP contribution in [0.4, 0.5) is 5.69 Å². The van der Waals surface area contributed by atoms with Gasteiger partial charge in [0.15, 0.2) is 0 Å². The number of hydrogen-bond donors (Lipinski definition) is 0. The molecular formula is C17H18N2O3. The summed E-state index contributed by atoms with van der Waals surface area (Å²) in [6.45, 7) is 4.39. The van der Waals surface area contributed by atoms with Crippen LogP contribution in [0.15, 0.2) is 42.5 Å². The van der Waals surface area contributed by atoms with Gasteiger partial charge in [0.05, 0.1) is 7.11 Å². The third-order valence-electron chi connectivity index (χ3n) is 3.27. The van der Waals surface area contributed by atoms with E-state index in [-0.39, 0.29) is 17.3 Å². The standard InChI is InChI=1S/C17H18N2O3/c1-4-19(13-10-8-12(2)9-11-13)16(20)14-6-5-7-15(18-14)17(21)22-3/h5-11H,4H2,1-3H3. The Bertz CT molecular complexity index is 681. The number of carbonyl (C=O) groups is 2. The molecule has 0 aliphatic carbocycles. The van der Waals surface area contributed by atoms with Crippen LogP contribution in [-0.2, 0) is 4.74 Å². The maximum Gasteiger partial charge on any atom is 0.356 e. The molecule has 1 aromatic heterocycles. The van der Waals surface area contributed by atoms with Gasteiger partial charge in [0, 0.05) is 12.2 Å². The number of anilines is 1. The Morgan fingerprint density at radius 3 is 2.32 bits per heavy atom. The van der Waals surface area contributed by atoms with Gasteiger partial charge in [0.2, 0.25) is 0 Å². The van der Waals surface area contributed by atoms with Gasteiger partial charge in [-0.15, -0.1) is 0 Å². The van der Waals surface area contributed by atoms with E-state index >= 15 is 0 Å². The van der Waals surface area contributed by atoms with E-state index in [1.165, 1.54) is 13.2 Å². The molecule has 0 aliphatic rings. The number of aromatic nitrogens is 1. The quantitative estimate of drug-likeness (QED) is 0.814. The second-order valence-electron chi connectivity index (χ2n) is 4.78. The zero-order valence-corrected chi connectivity index (χ0v) is 12.9. The van der Waals surface area contributed by atoms with Gasteiger partial charge in [-0.25, -0.2) is 9.78 Å². The molecule has 0 spiro atoms. The molecule has 22 heavy (non-hydrogen) atoms. The molecule has 0 N–H and O–H groups in total. The van der Waals surface area contributed by atoms with Gasteiger partial charge in [-0.1, -0.05) is 23.8 Å². The Hall–Kier alpha value is -2.69. The Morgan fingerprint density at radius 1 is 1.09 bits per heavy atom. The number of rotatable bonds is 4. The molecule has 2 rings (SSSR count).